The summed E-state index contributed by atoms with van der Waals surface area (Å²) in [7, 11) is 0. The highest BCUT2D eigenvalue weighted by molar-refractivity contribution is 9.10. The third-order valence-electron chi connectivity index (χ3n) is 4.12. The van der Waals surface area contributed by atoms with E-state index in [2.05, 4.69) is 34.8 Å². The first-order valence-corrected chi connectivity index (χ1v) is 10.4. The lowest BCUT2D eigenvalue weighted by Gasteiger charge is -2.16. The van der Waals surface area contributed by atoms with Gasteiger partial charge in [0.05, 0.1) is 17.7 Å². The third kappa shape index (κ3) is 5.26. The van der Waals surface area contributed by atoms with E-state index in [0.29, 0.717) is 36.5 Å². The minimum absolute atomic E-state index is 0.241. The molecule has 0 N–H and O–H groups in total. The van der Waals surface area contributed by atoms with E-state index < -0.39 is 5.97 Å². The molecule has 29 heavy (non-hydrogen) atoms. The molecule has 0 amide bonds. The highest BCUT2D eigenvalue weighted by Gasteiger charge is 2.24. The molecular weight excluding hydrogens is 434 g/mol. The Hall–Kier alpha value is -2.60. The first-order chi connectivity index (χ1) is 13.9. The second-order valence-corrected chi connectivity index (χ2v) is 8.02. The average Bonchev–Trinajstić information content (AvgIpc) is 3.02. The van der Waals surface area contributed by atoms with Crippen LogP contribution < -0.4 is 9.47 Å². The molecule has 0 unspecified atom stereocenters. The Kier molecular flexibility index (Phi) is 6.75. The molecule has 3 rings (SSSR count). The Balaban J connectivity index is 1.92. The van der Waals surface area contributed by atoms with Crippen LogP contribution in [-0.2, 0) is 9.53 Å². The molecule has 0 atom stereocenters. The van der Waals surface area contributed by atoms with E-state index in [0.717, 1.165) is 21.2 Å². The summed E-state index contributed by atoms with van der Waals surface area (Å²) in [5.41, 5.74) is 2.90. The standard InChI is InChI=1S/C23H24BrNO4/c1-5-27-20-12-16(10-18(24)21(20)28-13-14(2)3)11-19-23(26)29-22(25-19)17-8-6-15(4)7-9-17/h6-12,14H,5,13H2,1-4H3/b19-11-. The molecule has 0 spiro atoms. The van der Waals surface area contributed by atoms with Crippen LogP contribution in [0.15, 0.2) is 51.6 Å². The SMILES string of the molecule is CCOc1cc(/C=C2\N=C(c3ccc(C)cc3)OC2=O)cc(Br)c1OCC(C)C. The normalized spacial score (nSPS) is 14.9. The predicted molar refractivity (Wildman–Crippen MR) is 117 cm³/mol. The number of cyclic esters (lactones) is 1. The summed E-state index contributed by atoms with van der Waals surface area (Å²) < 4.78 is 17.7. The fourth-order valence-corrected chi connectivity index (χ4v) is 3.29. The number of carbonyl (C=O) groups excluding carboxylic acids is 1. The van der Waals surface area contributed by atoms with Crippen LogP contribution in [-0.4, -0.2) is 25.1 Å². The summed E-state index contributed by atoms with van der Waals surface area (Å²) >= 11 is 3.55. The molecule has 0 saturated carbocycles. The number of halogens is 1. The average molecular weight is 458 g/mol. The number of benzene rings is 2. The van der Waals surface area contributed by atoms with Crippen molar-refractivity contribution in [3.63, 3.8) is 0 Å². The van der Waals surface area contributed by atoms with Crippen LogP contribution in [0.1, 0.15) is 37.5 Å². The van der Waals surface area contributed by atoms with Crippen molar-refractivity contribution in [3.05, 3.63) is 63.3 Å². The molecule has 2 aromatic rings. The predicted octanol–water partition coefficient (Wildman–Crippen LogP) is 5.54. The zero-order chi connectivity index (χ0) is 21.0. The second-order valence-electron chi connectivity index (χ2n) is 7.17. The number of aliphatic imine (C=N–C) groups is 1. The molecule has 1 aliphatic heterocycles. The van der Waals surface area contributed by atoms with Gasteiger partial charge >= 0.3 is 5.97 Å². The lowest BCUT2D eigenvalue weighted by molar-refractivity contribution is -0.129. The summed E-state index contributed by atoms with van der Waals surface area (Å²) in [6, 6.07) is 11.4. The fourth-order valence-electron chi connectivity index (χ4n) is 2.71. The molecule has 0 bridgehead atoms. The van der Waals surface area contributed by atoms with Crippen molar-refractivity contribution < 1.29 is 19.0 Å². The van der Waals surface area contributed by atoms with E-state index in [1.54, 1.807) is 6.08 Å². The van der Waals surface area contributed by atoms with Gasteiger partial charge in [-0.1, -0.05) is 31.5 Å². The van der Waals surface area contributed by atoms with Crippen molar-refractivity contribution in [3.8, 4) is 11.5 Å². The molecule has 5 nitrogen and oxygen atoms in total. The van der Waals surface area contributed by atoms with Gasteiger partial charge in [-0.2, -0.15) is 0 Å². The van der Waals surface area contributed by atoms with Crippen molar-refractivity contribution in [2.75, 3.05) is 13.2 Å². The van der Waals surface area contributed by atoms with Crippen LogP contribution in [0.4, 0.5) is 0 Å². The number of aryl methyl sites for hydroxylation is 1. The van der Waals surface area contributed by atoms with E-state index in [4.69, 9.17) is 14.2 Å². The van der Waals surface area contributed by atoms with E-state index in [-0.39, 0.29) is 5.70 Å². The summed E-state index contributed by atoms with van der Waals surface area (Å²) in [5.74, 6) is 1.49. The van der Waals surface area contributed by atoms with Crippen LogP contribution in [0, 0.1) is 12.8 Å². The molecule has 152 valence electrons. The summed E-state index contributed by atoms with van der Waals surface area (Å²) in [6.45, 7) is 9.17. The number of ether oxygens (including phenoxy) is 3. The topological polar surface area (TPSA) is 57.1 Å². The van der Waals surface area contributed by atoms with Crippen LogP contribution in [0.2, 0.25) is 0 Å². The highest BCUT2D eigenvalue weighted by Crippen LogP contribution is 2.38. The van der Waals surface area contributed by atoms with Gasteiger partial charge in [-0.3, -0.25) is 0 Å². The molecular formula is C23H24BrNO4. The number of esters is 1. The van der Waals surface area contributed by atoms with Crippen LogP contribution >= 0.6 is 15.9 Å². The first kappa shape index (κ1) is 21.1. The van der Waals surface area contributed by atoms with Crippen LogP contribution in [0.5, 0.6) is 11.5 Å². The van der Waals surface area contributed by atoms with Gasteiger partial charge in [-0.25, -0.2) is 9.79 Å². The molecule has 6 heteroatoms. The van der Waals surface area contributed by atoms with Gasteiger partial charge in [0.1, 0.15) is 0 Å². The largest absolute Gasteiger partial charge is 0.490 e. The number of nitrogens with zero attached hydrogens (tertiary/aromatic N) is 1. The van der Waals surface area contributed by atoms with E-state index in [1.807, 2.05) is 50.2 Å². The summed E-state index contributed by atoms with van der Waals surface area (Å²) in [6.07, 6.45) is 1.68. The Morgan fingerprint density at radius 1 is 1.17 bits per heavy atom. The van der Waals surface area contributed by atoms with Crippen molar-refractivity contribution in [2.24, 2.45) is 10.9 Å². The molecule has 2 aromatic carbocycles. The van der Waals surface area contributed by atoms with E-state index in [9.17, 15) is 4.79 Å². The minimum atomic E-state index is -0.477. The van der Waals surface area contributed by atoms with Crippen LogP contribution in [0.3, 0.4) is 0 Å². The fraction of sp³-hybridized carbons (Fsp3) is 0.304. The summed E-state index contributed by atoms with van der Waals surface area (Å²) in [5, 5.41) is 0. The number of hydrogen-bond donors (Lipinski definition) is 0. The summed E-state index contributed by atoms with van der Waals surface area (Å²) in [4.78, 5) is 16.7. The van der Waals surface area contributed by atoms with Gasteiger partial charge in [0.2, 0.25) is 5.90 Å². The van der Waals surface area contributed by atoms with Crippen molar-refractivity contribution in [1.82, 2.24) is 0 Å². The maximum absolute atomic E-state index is 12.3. The van der Waals surface area contributed by atoms with Crippen molar-refractivity contribution in [1.29, 1.82) is 0 Å². The third-order valence-corrected chi connectivity index (χ3v) is 4.70. The number of hydrogen-bond acceptors (Lipinski definition) is 5. The van der Waals surface area contributed by atoms with Crippen molar-refractivity contribution in [2.45, 2.75) is 27.7 Å². The van der Waals surface area contributed by atoms with Gasteiger partial charge < -0.3 is 14.2 Å². The Bertz CT molecular complexity index is 962. The zero-order valence-corrected chi connectivity index (χ0v) is 18.6. The molecule has 1 heterocycles. The lowest BCUT2D eigenvalue weighted by atomic mass is 10.1. The zero-order valence-electron chi connectivity index (χ0n) is 17.0. The molecule has 0 aromatic heterocycles. The monoisotopic (exact) mass is 457 g/mol. The second kappa shape index (κ2) is 9.27. The minimum Gasteiger partial charge on any atom is -0.490 e. The van der Waals surface area contributed by atoms with Crippen molar-refractivity contribution >= 4 is 33.9 Å². The maximum atomic E-state index is 12.3. The molecule has 0 aliphatic carbocycles. The molecule has 0 fully saturated rings. The highest BCUT2D eigenvalue weighted by atomic mass is 79.9. The van der Waals surface area contributed by atoms with Gasteiger partial charge in [0.15, 0.2) is 17.2 Å². The smallest absolute Gasteiger partial charge is 0.363 e. The molecule has 0 saturated heterocycles. The van der Waals surface area contributed by atoms with Gasteiger partial charge in [-0.15, -0.1) is 0 Å². The van der Waals surface area contributed by atoms with E-state index in [1.165, 1.54) is 0 Å². The van der Waals surface area contributed by atoms with E-state index >= 15 is 0 Å². The number of rotatable bonds is 7. The van der Waals surface area contributed by atoms with Gasteiger partial charge in [-0.05, 0) is 71.6 Å². The van der Waals surface area contributed by atoms with Crippen LogP contribution in [0.25, 0.3) is 6.08 Å². The lowest BCUT2D eigenvalue weighted by Crippen LogP contribution is -2.07. The number of carbonyl (C=O) groups is 1. The van der Waals surface area contributed by atoms with Gasteiger partial charge in [0.25, 0.3) is 0 Å². The Morgan fingerprint density at radius 2 is 1.90 bits per heavy atom. The van der Waals surface area contributed by atoms with Gasteiger partial charge in [0, 0.05) is 5.56 Å². The quantitative estimate of drug-likeness (QED) is 0.404. The maximum Gasteiger partial charge on any atom is 0.363 e. The Morgan fingerprint density at radius 3 is 2.55 bits per heavy atom. The first-order valence-electron chi connectivity index (χ1n) is 9.56. The Labute approximate surface area is 179 Å². The molecule has 1 aliphatic rings. The molecule has 0 radical (unpaired) electrons.